The highest BCUT2D eigenvalue weighted by Crippen LogP contribution is 2.13. The summed E-state index contributed by atoms with van der Waals surface area (Å²) < 4.78 is 1.11. The summed E-state index contributed by atoms with van der Waals surface area (Å²) in [5.41, 5.74) is 1.46. The van der Waals surface area contributed by atoms with Crippen molar-refractivity contribution in [2.75, 3.05) is 20.6 Å². The van der Waals surface area contributed by atoms with Crippen LogP contribution in [-0.4, -0.2) is 25.1 Å². The number of nitrogens with zero attached hydrogens (tertiary/aromatic N) is 1. The molecule has 0 fully saturated rings. The van der Waals surface area contributed by atoms with Crippen molar-refractivity contribution in [3.63, 3.8) is 0 Å². The van der Waals surface area contributed by atoms with Gasteiger partial charge in [-0.05, 0) is 12.8 Å². The first kappa shape index (κ1) is 19.2. The second-order valence-corrected chi connectivity index (χ2v) is 7.49. The molecule has 0 N–H and O–H groups in total. The smallest absolute Gasteiger partial charge is 0.104 e. The molecule has 0 atom stereocenters. The summed E-state index contributed by atoms with van der Waals surface area (Å²) in [5, 5.41) is 0. The molecule has 0 aliphatic heterocycles. The highest BCUT2D eigenvalue weighted by Gasteiger charge is 2.14. The van der Waals surface area contributed by atoms with Crippen LogP contribution in [0.2, 0.25) is 0 Å². The topological polar surface area (TPSA) is 0 Å². The second kappa shape index (κ2) is 11.7. The summed E-state index contributed by atoms with van der Waals surface area (Å²) in [7, 11) is 4.72. The molecule has 0 saturated heterocycles. The average Bonchev–Trinajstić information content (AvgIpc) is 2.49. The van der Waals surface area contributed by atoms with E-state index in [1.54, 1.807) is 0 Å². The van der Waals surface area contributed by atoms with E-state index in [0.717, 1.165) is 11.0 Å². The molecule has 1 heteroatoms. The van der Waals surface area contributed by atoms with E-state index >= 15 is 0 Å². The van der Waals surface area contributed by atoms with E-state index in [1.807, 2.05) is 0 Å². The largest absolute Gasteiger partial charge is 0.325 e. The van der Waals surface area contributed by atoms with Crippen LogP contribution in [0, 0.1) is 0 Å². The molecule has 1 aromatic carbocycles. The normalized spacial score (nSPS) is 11.8. The molecule has 0 saturated carbocycles. The SMILES string of the molecule is CCCCCCCCCCCC[N+](C)(C)Cc1ccccc1.[H]. The molecule has 127 valence electrons. The molecule has 0 unspecified atom stereocenters. The van der Waals surface area contributed by atoms with Gasteiger partial charge in [-0.15, -0.1) is 0 Å². The third kappa shape index (κ3) is 10.00. The first-order valence-corrected chi connectivity index (χ1v) is 9.50. The van der Waals surface area contributed by atoms with E-state index in [4.69, 9.17) is 0 Å². The number of unbranched alkanes of at least 4 members (excludes halogenated alkanes) is 9. The lowest BCUT2D eigenvalue weighted by Gasteiger charge is -2.30. The Morgan fingerprint density at radius 2 is 1.23 bits per heavy atom. The molecule has 0 aromatic heterocycles. The van der Waals surface area contributed by atoms with Crippen molar-refractivity contribution >= 4 is 0 Å². The maximum Gasteiger partial charge on any atom is 0.104 e. The van der Waals surface area contributed by atoms with Gasteiger partial charge in [-0.2, -0.15) is 0 Å². The van der Waals surface area contributed by atoms with Gasteiger partial charge < -0.3 is 4.48 Å². The van der Waals surface area contributed by atoms with Gasteiger partial charge in [0.25, 0.3) is 0 Å². The minimum absolute atomic E-state index is 0. The predicted octanol–water partition coefficient (Wildman–Crippen LogP) is 6.30. The van der Waals surface area contributed by atoms with Gasteiger partial charge in [-0.1, -0.05) is 88.6 Å². The molecule has 0 aliphatic rings. The highest BCUT2D eigenvalue weighted by atomic mass is 15.3. The monoisotopic (exact) mass is 305 g/mol. The average molecular weight is 306 g/mol. The number of hydrogen-bond donors (Lipinski definition) is 0. The Labute approximate surface area is 140 Å². The van der Waals surface area contributed by atoms with Crippen LogP contribution in [0.25, 0.3) is 0 Å². The highest BCUT2D eigenvalue weighted by molar-refractivity contribution is 5.13. The Morgan fingerprint density at radius 1 is 0.727 bits per heavy atom. The van der Waals surface area contributed by atoms with Crippen LogP contribution in [0.3, 0.4) is 0 Å². The molecule has 22 heavy (non-hydrogen) atoms. The summed E-state index contributed by atoms with van der Waals surface area (Å²) in [6.45, 7) is 4.74. The van der Waals surface area contributed by atoms with Gasteiger partial charge in [0.1, 0.15) is 6.54 Å². The standard InChI is InChI=1S/C21H38N.H/c1-4-5-6-7-8-9-10-11-12-16-19-22(2,3)20-21-17-14-13-15-18-21;/h13-15,17-18H,4-12,16,19-20H2,1-3H3;/q+1;. The number of rotatable bonds is 13. The van der Waals surface area contributed by atoms with Gasteiger partial charge in [0.15, 0.2) is 0 Å². The third-order valence-corrected chi connectivity index (χ3v) is 4.57. The van der Waals surface area contributed by atoms with Crippen molar-refractivity contribution in [3.8, 4) is 0 Å². The lowest BCUT2D eigenvalue weighted by molar-refractivity contribution is -0.903. The Morgan fingerprint density at radius 3 is 1.77 bits per heavy atom. The lowest BCUT2D eigenvalue weighted by atomic mass is 10.1. The Kier molecular flexibility index (Phi) is 10.2. The second-order valence-electron chi connectivity index (χ2n) is 7.49. The summed E-state index contributed by atoms with van der Waals surface area (Å²) in [6.07, 6.45) is 14.2. The molecule has 1 aromatic rings. The molecule has 1 radical (unpaired) electrons. The molecule has 1 rings (SSSR count). The summed E-state index contributed by atoms with van der Waals surface area (Å²) in [5.74, 6) is 0. The van der Waals surface area contributed by atoms with E-state index in [-0.39, 0.29) is 1.43 Å². The first-order chi connectivity index (χ1) is 10.6. The van der Waals surface area contributed by atoms with Gasteiger partial charge in [0.2, 0.25) is 0 Å². The predicted molar refractivity (Wildman–Crippen MR) is 100 cm³/mol. The van der Waals surface area contributed by atoms with Crippen LogP contribution in [0.15, 0.2) is 30.3 Å². The molecule has 1 nitrogen and oxygen atoms in total. The van der Waals surface area contributed by atoms with Crippen molar-refractivity contribution in [3.05, 3.63) is 35.9 Å². The fourth-order valence-corrected chi connectivity index (χ4v) is 3.18. The van der Waals surface area contributed by atoms with Crippen LogP contribution >= 0.6 is 0 Å². The van der Waals surface area contributed by atoms with Gasteiger partial charge in [-0.25, -0.2) is 0 Å². The van der Waals surface area contributed by atoms with E-state index in [9.17, 15) is 0 Å². The van der Waals surface area contributed by atoms with Crippen molar-refractivity contribution in [1.29, 1.82) is 0 Å². The Bertz CT molecular complexity index is 361. The first-order valence-electron chi connectivity index (χ1n) is 9.50. The van der Waals surface area contributed by atoms with Crippen LogP contribution in [0.5, 0.6) is 0 Å². The minimum atomic E-state index is 0. The van der Waals surface area contributed by atoms with Gasteiger partial charge in [0.05, 0.1) is 20.6 Å². The summed E-state index contributed by atoms with van der Waals surface area (Å²) in [4.78, 5) is 0. The summed E-state index contributed by atoms with van der Waals surface area (Å²) in [6, 6.07) is 10.9. The van der Waals surface area contributed by atoms with Crippen molar-refractivity contribution in [2.24, 2.45) is 0 Å². The van der Waals surface area contributed by atoms with Crippen LogP contribution in [0.1, 0.15) is 78.1 Å². The van der Waals surface area contributed by atoms with Gasteiger partial charge >= 0.3 is 0 Å². The number of quaternary nitrogens is 1. The molecule has 0 amide bonds. The van der Waals surface area contributed by atoms with E-state index in [2.05, 4.69) is 51.4 Å². The fraction of sp³-hybridized carbons (Fsp3) is 0.714. The summed E-state index contributed by atoms with van der Waals surface area (Å²) >= 11 is 0. The Balaban J connectivity index is 0.00000484. The molecule has 0 spiro atoms. The van der Waals surface area contributed by atoms with E-state index < -0.39 is 0 Å². The Hall–Kier alpha value is -0.820. The molecular formula is C21H39N+. The zero-order valence-corrected chi connectivity index (χ0v) is 15.3. The number of benzene rings is 1. The van der Waals surface area contributed by atoms with Crippen LogP contribution in [-0.2, 0) is 6.54 Å². The van der Waals surface area contributed by atoms with Gasteiger partial charge in [0, 0.05) is 6.99 Å². The zero-order valence-electron chi connectivity index (χ0n) is 16.3. The van der Waals surface area contributed by atoms with Crippen LogP contribution < -0.4 is 0 Å². The molecular weight excluding hydrogens is 266 g/mol. The molecule has 0 aliphatic carbocycles. The maximum absolute atomic E-state index is 2.36. The minimum Gasteiger partial charge on any atom is -0.325 e. The van der Waals surface area contributed by atoms with Crippen LogP contribution in [0.4, 0.5) is 0 Å². The van der Waals surface area contributed by atoms with Crippen molar-refractivity contribution in [1.82, 2.24) is 0 Å². The van der Waals surface area contributed by atoms with E-state index in [0.29, 0.717) is 0 Å². The third-order valence-electron chi connectivity index (χ3n) is 4.57. The molecule has 0 heterocycles. The van der Waals surface area contributed by atoms with E-state index in [1.165, 1.54) is 76.3 Å². The lowest BCUT2D eigenvalue weighted by Crippen LogP contribution is -2.39. The van der Waals surface area contributed by atoms with Gasteiger partial charge in [-0.3, -0.25) is 0 Å². The quantitative estimate of drug-likeness (QED) is 0.296. The van der Waals surface area contributed by atoms with Crippen molar-refractivity contribution in [2.45, 2.75) is 77.7 Å². The zero-order chi connectivity index (χ0) is 16.1. The number of hydrogen-bond acceptors (Lipinski definition) is 0. The maximum atomic E-state index is 2.36. The van der Waals surface area contributed by atoms with Crippen molar-refractivity contribution < 1.29 is 5.91 Å². The fourth-order valence-electron chi connectivity index (χ4n) is 3.18. The molecule has 0 bridgehead atoms.